The average molecular weight is 493 g/mol. The SMILES string of the molecule is CCOC(=O)C1CCN(CC(O)COc2ccc3c(c2)c(C(C)=O)c(C)n3-c2ccc(C)cc2)CC1. The van der Waals surface area contributed by atoms with Crippen LogP contribution in [-0.4, -0.2) is 65.3 Å². The summed E-state index contributed by atoms with van der Waals surface area (Å²) in [5.41, 5.74) is 4.70. The highest BCUT2D eigenvalue weighted by atomic mass is 16.5. The van der Waals surface area contributed by atoms with Crippen LogP contribution < -0.4 is 4.74 Å². The number of ketones is 1. The van der Waals surface area contributed by atoms with Gasteiger partial charge in [0.2, 0.25) is 0 Å². The third kappa shape index (κ3) is 5.63. The summed E-state index contributed by atoms with van der Waals surface area (Å²) in [6.07, 6.45) is 0.827. The van der Waals surface area contributed by atoms with Crippen LogP contribution in [0.25, 0.3) is 16.6 Å². The predicted octanol–water partition coefficient (Wildman–Crippen LogP) is 4.46. The highest BCUT2D eigenvalue weighted by molar-refractivity contribution is 6.09. The molecule has 36 heavy (non-hydrogen) atoms. The fourth-order valence-corrected chi connectivity index (χ4v) is 5.11. The van der Waals surface area contributed by atoms with E-state index in [1.807, 2.05) is 32.0 Å². The first-order chi connectivity index (χ1) is 17.3. The summed E-state index contributed by atoms with van der Waals surface area (Å²) < 4.78 is 13.2. The van der Waals surface area contributed by atoms with Gasteiger partial charge < -0.3 is 24.0 Å². The number of carbonyl (C=O) groups is 2. The van der Waals surface area contributed by atoms with Gasteiger partial charge in [0, 0.05) is 28.9 Å². The third-order valence-electron chi connectivity index (χ3n) is 6.94. The molecule has 1 unspecified atom stereocenters. The number of likely N-dealkylation sites (tertiary alicyclic amines) is 1. The fourth-order valence-electron chi connectivity index (χ4n) is 5.11. The predicted molar refractivity (Wildman–Crippen MR) is 140 cm³/mol. The molecule has 0 aliphatic carbocycles. The van der Waals surface area contributed by atoms with Gasteiger partial charge in [0.15, 0.2) is 5.78 Å². The molecule has 1 aliphatic rings. The first-order valence-electron chi connectivity index (χ1n) is 12.7. The lowest BCUT2D eigenvalue weighted by Gasteiger charge is -2.32. The number of nitrogens with zero attached hydrogens (tertiary/aromatic N) is 2. The average Bonchev–Trinajstić information content (AvgIpc) is 3.15. The van der Waals surface area contributed by atoms with E-state index in [4.69, 9.17) is 9.47 Å². The molecule has 7 heteroatoms. The number of rotatable bonds is 9. The molecule has 0 spiro atoms. The number of benzene rings is 2. The van der Waals surface area contributed by atoms with Gasteiger partial charge in [-0.25, -0.2) is 0 Å². The van der Waals surface area contributed by atoms with Crippen LogP contribution in [-0.2, 0) is 9.53 Å². The van der Waals surface area contributed by atoms with E-state index >= 15 is 0 Å². The lowest BCUT2D eigenvalue weighted by atomic mass is 9.97. The third-order valence-corrected chi connectivity index (χ3v) is 6.94. The minimum atomic E-state index is -0.661. The number of hydrogen-bond acceptors (Lipinski definition) is 6. The number of fused-ring (bicyclic) bond motifs is 1. The van der Waals surface area contributed by atoms with E-state index in [9.17, 15) is 14.7 Å². The Morgan fingerprint density at radius 2 is 1.78 bits per heavy atom. The van der Waals surface area contributed by atoms with E-state index in [2.05, 4.69) is 40.7 Å². The smallest absolute Gasteiger partial charge is 0.309 e. The number of esters is 1. The number of β-amino-alcohol motifs (C(OH)–C–C–N with tert-alkyl or cyclic N) is 1. The molecule has 0 amide bonds. The van der Waals surface area contributed by atoms with E-state index < -0.39 is 6.10 Å². The molecule has 2 aromatic carbocycles. The van der Waals surface area contributed by atoms with Gasteiger partial charge in [-0.1, -0.05) is 17.7 Å². The number of ether oxygens (including phenoxy) is 2. The van der Waals surface area contributed by atoms with Crippen LogP contribution in [0, 0.1) is 19.8 Å². The summed E-state index contributed by atoms with van der Waals surface area (Å²) in [5.74, 6) is 0.457. The molecule has 1 aromatic heterocycles. The molecule has 0 bridgehead atoms. The molecule has 1 saturated heterocycles. The van der Waals surface area contributed by atoms with Crippen molar-refractivity contribution in [2.24, 2.45) is 5.92 Å². The normalized spacial score (nSPS) is 15.7. The van der Waals surface area contributed by atoms with Crippen molar-refractivity contribution in [2.45, 2.75) is 46.6 Å². The summed E-state index contributed by atoms with van der Waals surface area (Å²) in [6, 6.07) is 14.0. The maximum Gasteiger partial charge on any atom is 0.309 e. The van der Waals surface area contributed by atoms with Crippen molar-refractivity contribution in [1.82, 2.24) is 9.47 Å². The van der Waals surface area contributed by atoms with Gasteiger partial charge in [0.05, 0.1) is 18.0 Å². The number of aromatic nitrogens is 1. The summed E-state index contributed by atoms with van der Waals surface area (Å²) >= 11 is 0. The summed E-state index contributed by atoms with van der Waals surface area (Å²) in [4.78, 5) is 26.6. The molecule has 7 nitrogen and oxygen atoms in total. The van der Waals surface area contributed by atoms with E-state index in [1.165, 1.54) is 5.56 Å². The molecule has 1 N–H and O–H groups in total. The van der Waals surface area contributed by atoms with Crippen molar-refractivity contribution in [2.75, 3.05) is 32.8 Å². The second kappa shape index (κ2) is 11.3. The van der Waals surface area contributed by atoms with Gasteiger partial charge in [-0.3, -0.25) is 9.59 Å². The molecule has 0 radical (unpaired) electrons. The van der Waals surface area contributed by atoms with E-state index in [0.29, 0.717) is 24.5 Å². The van der Waals surface area contributed by atoms with Crippen LogP contribution in [0.1, 0.15) is 48.3 Å². The summed E-state index contributed by atoms with van der Waals surface area (Å²) in [5, 5.41) is 11.4. The van der Waals surface area contributed by atoms with E-state index in [0.717, 1.165) is 48.2 Å². The second-order valence-electron chi connectivity index (χ2n) is 9.66. The summed E-state index contributed by atoms with van der Waals surface area (Å²) in [7, 11) is 0. The van der Waals surface area contributed by atoms with E-state index in [1.54, 1.807) is 6.92 Å². The number of aliphatic hydroxyl groups excluding tert-OH is 1. The Morgan fingerprint density at radius 1 is 1.08 bits per heavy atom. The molecule has 2 heterocycles. The Bertz CT molecular complexity index is 1220. The maximum atomic E-state index is 12.6. The number of aryl methyl sites for hydroxylation is 1. The van der Waals surface area contributed by atoms with Gasteiger partial charge in [0.1, 0.15) is 18.5 Å². The Morgan fingerprint density at radius 3 is 2.42 bits per heavy atom. The standard InChI is InChI=1S/C29H36N2O5/c1-5-35-29(34)22-12-14-30(15-13-22)17-24(33)18-36-25-10-11-27-26(16-25)28(21(4)32)20(3)31(27)23-8-6-19(2)7-9-23/h6-11,16,22,24,33H,5,12-15,17-18H2,1-4H3. The molecule has 1 atom stereocenters. The Labute approximate surface area is 212 Å². The number of hydrogen-bond donors (Lipinski definition) is 1. The highest BCUT2D eigenvalue weighted by Crippen LogP contribution is 2.32. The molecule has 4 rings (SSSR count). The quantitative estimate of drug-likeness (QED) is 0.351. The zero-order valence-corrected chi connectivity index (χ0v) is 21.6. The van der Waals surface area contributed by atoms with E-state index in [-0.39, 0.29) is 24.3 Å². The zero-order chi connectivity index (χ0) is 25.8. The molecule has 3 aromatic rings. The molecule has 192 valence electrons. The van der Waals surface area contributed by atoms with Gasteiger partial charge in [-0.05, 0) is 84.0 Å². The maximum absolute atomic E-state index is 12.6. The van der Waals surface area contributed by atoms with Gasteiger partial charge in [-0.15, -0.1) is 0 Å². The van der Waals surface area contributed by atoms with Crippen molar-refractivity contribution in [3.05, 3.63) is 59.3 Å². The van der Waals surface area contributed by atoms with Crippen molar-refractivity contribution in [3.8, 4) is 11.4 Å². The fraction of sp³-hybridized carbons (Fsp3) is 0.448. The van der Waals surface area contributed by atoms with Crippen LogP contribution in [0.4, 0.5) is 0 Å². The lowest BCUT2D eigenvalue weighted by molar-refractivity contribution is -0.149. The van der Waals surface area contributed by atoms with Crippen molar-refractivity contribution >= 4 is 22.7 Å². The number of carbonyl (C=O) groups excluding carboxylic acids is 2. The van der Waals surface area contributed by atoms with Crippen LogP contribution in [0.15, 0.2) is 42.5 Å². The summed E-state index contributed by atoms with van der Waals surface area (Å²) in [6.45, 7) is 9.97. The van der Waals surface area contributed by atoms with Gasteiger partial charge in [-0.2, -0.15) is 0 Å². The molecular weight excluding hydrogens is 456 g/mol. The first kappa shape index (κ1) is 25.9. The Hall–Kier alpha value is -3.16. The van der Waals surface area contributed by atoms with Gasteiger partial charge in [0.25, 0.3) is 0 Å². The number of aliphatic hydroxyl groups is 1. The minimum Gasteiger partial charge on any atom is -0.491 e. The first-order valence-corrected chi connectivity index (χ1v) is 12.7. The second-order valence-corrected chi connectivity index (χ2v) is 9.66. The van der Waals surface area contributed by atoms with Crippen molar-refractivity contribution in [1.29, 1.82) is 0 Å². The Balaban J connectivity index is 1.43. The molecular formula is C29H36N2O5. The van der Waals surface area contributed by atoms with Crippen LogP contribution in [0.3, 0.4) is 0 Å². The molecule has 1 fully saturated rings. The van der Waals surface area contributed by atoms with Crippen LogP contribution in [0.2, 0.25) is 0 Å². The number of Topliss-reactive ketones (excluding diaryl/α,β-unsaturated/α-hetero) is 1. The van der Waals surface area contributed by atoms with Crippen LogP contribution >= 0.6 is 0 Å². The Kier molecular flexibility index (Phi) is 8.11. The van der Waals surface area contributed by atoms with Gasteiger partial charge >= 0.3 is 5.97 Å². The lowest BCUT2D eigenvalue weighted by Crippen LogP contribution is -2.42. The molecule has 0 saturated carbocycles. The minimum absolute atomic E-state index is 0.00627. The highest BCUT2D eigenvalue weighted by Gasteiger charge is 2.27. The van der Waals surface area contributed by atoms with Crippen molar-refractivity contribution in [3.63, 3.8) is 0 Å². The largest absolute Gasteiger partial charge is 0.491 e. The van der Waals surface area contributed by atoms with Crippen LogP contribution in [0.5, 0.6) is 5.75 Å². The monoisotopic (exact) mass is 492 g/mol. The number of piperidine rings is 1. The topological polar surface area (TPSA) is 81.0 Å². The zero-order valence-electron chi connectivity index (χ0n) is 21.6. The van der Waals surface area contributed by atoms with Crippen molar-refractivity contribution < 1.29 is 24.2 Å². The molecule has 1 aliphatic heterocycles.